The van der Waals surface area contributed by atoms with Crippen LogP contribution in [-0.2, 0) is 0 Å². The van der Waals surface area contributed by atoms with Crippen LogP contribution >= 0.6 is 0 Å². The molecule has 0 radical (unpaired) electrons. The Morgan fingerprint density at radius 3 is 3.16 bits per heavy atom. The molecule has 0 aromatic carbocycles. The zero-order chi connectivity index (χ0) is 13.1. The molecule has 104 valence electrons. The van der Waals surface area contributed by atoms with E-state index in [4.69, 9.17) is 4.74 Å². The second-order valence-electron chi connectivity index (χ2n) is 5.31. The van der Waals surface area contributed by atoms with Crippen LogP contribution in [0.25, 0.3) is 0 Å². The summed E-state index contributed by atoms with van der Waals surface area (Å²) in [5.74, 6) is 1.54. The SMILES string of the molecule is CCOc1cc(NC2CCN3CCCCC23)ncn1. The smallest absolute Gasteiger partial charge is 0.218 e. The fourth-order valence-corrected chi connectivity index (χ4v) is 3.25. The topological polar surface area (TPSA) is 50.3 Å². The van der Waals surface area contributed by atoms with Crippen LogP contribution in [-0.4, -0.2) is 46.6 Å². The molecule has 3 heterocycles. The first kappa shape index (κ1) is 12.7. The van der Waals surface area contributed by atoms with E-state index in [1.54, 1.807) is 6.33 Å². The summed E-state index contributed by atoms with van der Waals surface area (Å²) < 4.78 is 5.42. The minimum absolute atomic E-state index is 0.518. The second-order valence-corrected chi connectivity index (χ2v) is 5.31. The molecule has 5 nitrogen and oxygen atoms in total. The van der Waals surface area contributed by atoms with Crippen LogP contribution in [0.2, 0.25) is 0 Å². The van der Waals surface area contributed by atoms with Crippen LogP contribution in [0, 0.1) is 0 Å². The molecule has 0 amide bonds. The molecular formula is C14H22N4O. The standard InChI is InChI=1S/C14H22N4O/c1-2-19-14-9-13(15-10-16-14)17-11-6-8-18-7-4-3-5-12(11)18/h9-12H,2-8H2,1H3,(H,15,16,17). The predicted octanol–water partition coefficient (Wildman–Crippen LogP) is 1.91. The summed E-state index contributed by atoms with van der Waals surface area (Å²) in [4.78, 5) is 11.0. The Kier molecular flexibility index (Phi) is 3.82. The third kappa shape index (κ3) is 2.81. The molecule has 1 N–H and O–H groups in total. The summed E-state index contributed by atoms with van der Waals surface area (Å²) in [5, 5.41) is 3.57. The van der Waals surface area contributed by atoms with Crippen molar-refractivity contribution in [1.29, 1.82) is 0 Å². The van der Waals surface area contributed by atoms with Gasteiger partial charge in [-0.25, -0.2) is 9.97 Å². The number of nitrogens with zero attached hydrogens (tertiary/aromatic N) is 3. The number of piperidine rings is 1. The van der Waals surface area contributed by atoms with Crippen molar-refractivity contribution >= 4 is 5.82 Å². The van der Waals surface area contributed by atoms with Crippen molar-refractivity contribution in [3.05, 3.63) is 12.4 Å². The maximum Gasteiger partial charge on any atom is 0.218 e. The lowest BCUT2D eigenvalue weighted by Crippen LogP contribution is -2.41. The molecule has 2 saturated heterocycles. The molecule has 2 aliphatic heterocycles. The van der Waals surface area contributed by atoms with Gasteiger partial charge in [0.2, 0.25) is 5.88 Å². The Morgan fingerprint density at radius 2 is 2.26 bits per heavy atom. The first-order valence-corrected chi connectivity index (χ1v) is 7.32. The van der Waals surface area contributed by atoms with Gasteiger partial charge in [0.05, 0.1) is 6.61 Å². The summed E-state index contributed by atoms with van der Waals surface area (Å²) >= 11 is 0. The second kappa shape index (κ2) is 5.74. The van der Waals surface area contributed by atoms with E-state index in [-0.39, 0.29) is 0 Å². The van der Waals surface area contributed by atoms with Gasteiger partial charge in [0.15, 0.2) is 0 Å². The van der Waals surface area contributed by atoms with Gasteiger partial charge in [-0.15, -0.1) is 0 Å². The number of hydrogen-bond donors (Lipinski definition) is 1. The normalized spacial score (nSPS) is 27.0. The summed E-state index contributed by atoms with van der Waals surface area (Å²) in [6.07, 6.45) is 6.79. The van der Waals surface area contributed by atoms with Crippen molar-refractivity contribution in [1.82, 2.24) is 14.9 Å². The van der Waals surface area contributed by atoms with Crippen molar-refractivity contribution in [2.24, 2.45) is 0 Å². The van der Waals surface area contributed by atoms with Crippen molar-refractivity contribution < 1.29 is 4.74 Å². The number of aromatic nitrogens is 2. The number of fused-ring (bicyclic) bond motifs is 1. The van der Waals surface area contributed by atoms with E-state index < -0.39 is 0 Å². The van der Waals surface area contributed by atoms with Crippen LogP contribution in [0.3, 0.4) is 0 Å². The van der Waals surface area contributed by atoms with Gasteiger partial charge < -0.3 is 10.1 Å². The van der Waals surface area contributed by atoms with E-state index in [1.165, 1.54) is 38.8 Å². The predicted molar refractivity (Wildman–Crippen MR) is 74.4 cm³/mol. The molecule has 0 spiro atoms. The molecular weight excluding hydrogens is 240 g/mol. The van der Waals surface area contributed by atoms with Crippen LogP contribution in [0.1, 0.15) is 32.6 Å². The van der Waals surface area contributed by atoms with E-state index >= 15 is 0 Å². The van der Waals surface area contributed by atoms with Gasteiger partial charge in [0.1, 0.15) is 12.1 Å². The molecule has 2 unspecified atom stereocenters. The van der Waals surface area contributed by atoms with Crippen LogP contribution < -0.4 is 10.1 Å². The first-order valence-electron chi connectivity index (χ1n) is 7.32. The van der Waals surface area contributed by atoms with Gasteiger partial charge in [-0.1, -0.05) is 6.42 Å². The van der Waals surface area contributed by atoms with E-state index in [9.17, 15) is 0 Å². The highest BCUT2D eigenvalue weighted by molar-refractivity contribution is 5.39. The molecule has 0 aliphatic carbocycles. The monoisotopic (exact) mass is 262 g/mol. The van der Waals surface area contributed by atoms with Crippen LogP contribution in [0.15, 0.2) is 12.4 Å². The highest BCUT2D eigenvalue weighted by Gasteiger charge is 2.35. The van der Waals surface area contributed by atoms with Gasteiger partial charge in [-0.3, -0.25) is 4.90 Å². The molecule has 0 bridgehead atoms. The van der Waals surface area contributed by atoms with Crippen molar-refractivity contribution in [2.75, 3.05) is 25.0 Å². The quantitative estimate of drug-likeness (QED) is 0.898. The van der Waals surface area contributed by atoms with E-state index in [2.05, 4.69) is 20.2 Å². The first-order chi connectivity index (χ1) is 9.36. The molecule has 2 atom stereocenters. The summed E-state index contributed by atoms with van der Waals surface area (Å²) in [6.45, 7) is 5.07. The summed E-state index contributed by atoms with van der Waals surface area (Å²) in [5.41, 5.74) is 0. The number of ether oxygens (including phenoxy) is 1. The van der Waals surface area contributed by atoms with Crippen molar-refractivity contribution in [3.8, 4) is 5.88 Å². The van der Waals surface area contributed by atoms with Crippen molar-refractivity contribution in [3.63, 3.8) is 0 Å². The van der Waals surface area contributed by atoms with E-state index in [0.29, 0.717) is 24.6 Å². The Labute approximate surface area is 114 Å². The van der Waals surface area contributed by atoms with Gasteiger partial charge in [0.25, 0.3) is 0 Å². The number of nitrogens with one attached hydrogen (secondary N) is 1. The highest BCUT2D eigenvalue weighted by Crippen LogP contribution is 2.29. The highest BCUT2D eigenvalue weighted by atomic mass is 16.5. The largest absolute Gasteiger partial charge is 0.478 e. The van der Waals surface area contributed by atoms with Gasteiger partial charge in [0, 0.05) is 24.7 Å². The van der Waals surface area contributed by atoms with Gasteiger partial charge in [-0.05, 0) is 32.7 Å². The molecule has 0 saturated carbocycles. The molecule has 2 aliphatic rings. The minimum atomic E-state index is 0.518. The number of rotatable bonds is 4. The van der Waals surface area contributed by atoms with Gasteiger partial charge >= 0.3 is 0 Å². The van der Waals surface area contributed by atoms with Gasteiger partial charge in [-0.2, -0.15) is 0 Å². The molecule has 3 rings (SSSR count). The maximum atomic E-state index is 5.42. The number of hydrogen-bond acceptors (Lipinski definition) is 5. The van der Waals surface area contributed by atoms with Crippen LogP contribution in [0.4, 0.5) is 5.82 Å². The molecule has 5 heteroatoms. The Bertz CT molecular complexity index is 426. The lowest BCUT2D eigenvalue weighted by molar-refractivity contribution is 0.192. The Balaban J connectivity index is 1.66. The lowest BCUT2D eigenvalue weighted by atomic mass is 9.99. The molecule has 19 heavy (non-hydrogen) atoms. The fraction of sp³-hybridized carbons (Fsp3) is 0.714. The average Bonchev–Trinajstić information content (AvgIpc) is 2.83. The fourth-order valence-electron chi connectivity index (χ4n) is 3.25. The maximum absolute atomic E-state index is 5.42. The Hall–Kier alpha value is -1.36. The zero-order valence-corrected chi connectivity index (χ0v) is 11.5. The molecule has 2 fully saturated rings. The average molecular weight is 262 g/mol. The number of anilines is 1. The summed E-state index contributed by atoms with van der Waals surface area (Å²) in [7, 11) is 0. The minimum Gasteiger partial charge on any atom is -0.478 e. The zero-order valence-electron chi connectivity index (χ0n) is 11.5. The third-order valence-corrected chi connectivity index (χ3v) is 4.12. The Morgan fingerprint density at radius 1 is 1.32 bits per heavy atom. The molecule has 1 aromatic rings. The van der Waals surface area contributed by atoms with Crippen LogP contribution in [0.5, 0.6) is 5.88 Å². The van der Waals surface area contributed by atoms with E-state index in [1.807, 2.05) is 13.0 Å². The van der Waals surface area contributed by atoms with E-state index in [0.717, 1.165) is 5.82 Å². The third-order valence-electron chi connectivity index (χ3n) is 4.12. The molecule has 1 aromatic heterocycles. The van der Waals surface area contributed by atoms with Crippen molar-refractivity contribution in [2.45, 2.75) is 44.7 Å². The lowest BCUT2D eigenvalue weighted by Gasteiger charge is -2.32. The summed E-state index contributed by atoms with van der Waals surface area (Å²) in [6, 6.07) is 3.10.